The summed E-state index contributed by atoms with van der Waals surface area (Å²) in [6, 6.07) is 2.06. The Balaban J connectivity index is 1.99. The van der Waals surface area contributed by atoms with E-state index in [4.69, 9.17) is 0 Å². The molecule has 0 saturated heterocycles. The first kappa shape index (κ1) is 22.2. The highest BCUT2D eigenvalue weighted by atomic mass is 19.2. The number of carboxylic acids is 1. The van der Waals surface area contributed by atoms with Crippen LogP contribution >= 0.6 is 0 Å². The van der Waals surface area contributed by atoms with Gasteiger partial charge in [0, 0.05) is 0 Å². The second kappa shape index (κ2) is 9.14. The fourth-order valence-electron chi connectivity index (χ4n) is 4.35. The van der Waals surface area contributed by atoms with E-state index in [0.717, 1.165) is 38.2 Å². The van der Waals surface area contributed by atoms with E-state index in [9.17, 15) is 31.9 Å². The second-order valence-corrected chi connectivity index (χ2v) is 7.97. The largest absolute Gasteiger partial charge is 0.477 e. The van der Waals surface area contributed by atoms with Gasteiger partial charge in [0.15, 0.2) is 17.5 Å². The number of hydrogen-bond acceptors (Lipinski definition) is 1. The summed E-state index contributed by atoms with van der Waals surface area (Å²) in [7, 11) is 0. The second-order valence-electron chi connectivity index (χ2n) is 7.97. The lowest BCUT2D eigenvalue weighted by molar-refractivity contribution is 0.0686. The zero-order valence-electron chi connectivity index (χ0n) is 16.6. The molecule has 2 aromatic carbocycles. The third kappa shape index (κ3) is 4.50. The van der Waals surface area contributed by atoms with Crippen LogP contribution in [0.25, 0.3) is 11.1 Å². The Hall–Kier alpha value is -2.44. The van der Waals surface area contributed by atoms with E-state index in [1.54, 1.807) is 0 Å². The molecular formula is C23H23F5O2. The fourth-order valence-corrected chi connectivity index (χ4v) is 4.35. The molecule has 0 heterocycles. The lowest BCUT2D eigenvalue weighted by Crippen LogP contribution is -2.16. The van der Waals surface area contributed by atoms with Gasteiger partial charge in [-0.2, -0.15) is 0 Å². The van der Waals surface area contributed by atoms with Crippen molar-refractivity contribution in [2.75, 3.05) is 0 Å². The van der Waals surface area contributed by atoms with Crippen molar-refractivity contribution >= 4 is 5.97 Å². The van der Waals surface area contributed by atoms with E-state index in [2.05, 4.69) is 6.92 Å². The van der Waals surface area contributed by atoms with Crippen molar-refractivity contribution in [1.29, 1.82) is 0 Å². The molecule has 30 heavy (non-hydrogen) atoms. The van der Waals surface area contributed by atoms with Crippen molar-refractivity contribution in [2.24, 2.45) is 11.8 Å². The Morgan fingerprint density at radius 1 is 0.900 bits per heavy atom. The van der Waals surface area contributed by atoms with Gasteiger partial charge in [0.05, 0.1) is 0 Å². The Labute approximate surface area is 171 Å². The van der Waals surface area contributed by atoms with E-state index >= 15 is 0 Å². The molecule has 2 aromatic rings. The SMILES string of the molecule is CCC1CCC(CCc2c(-c3cc(F)c(F)c(F)c3)cc(F)c(C(=O)O)c2F)CC1. The molecule has 0 amide bonds. The molecule has 7 heteroatoms. The van der Waals surface area contributed by atoms with Gasteiger partial charge in [-0.25, -0.2) is 26.7 Å². The van der Waals surface area contributed by atoms with Crippen LogP contribution in [0.15, 0.2) is 18.2 Å². The van der Waals surface area contributed by atoms with Crippen LogP contribution in [0.5, 0.6) is 0 Å². The van der Waals surface area contributed by atoms with Crippen molar-refractivity contribution < 1.29 is 31.9 Å². The van der Waals surface area contributed by atoms with Crippen LogP contribution in [0.2, 0.25) is 0 Å². The van der Waals surface area contributed by atoms with Crippen LogP contribution in [0, 0.1) is 40.9 Å². The molecule has 1 N–H and O–H groups in total. The molecule has 1 saturated carbocycles. The molecule has 0 aliphatic heterocycles. The van der Waals surface area contributed by atoms with E-state index in [1.807, 2.05) is 0 Å². The van der Waals surface area contributed by atoms with Crippen LogP contribution in [-0.4, -0.2) is 11.1 Å². The van der Waals surface area contributed by atoms with Crippen LogP contribution in [0.1, 0.15) is 61.4 Å². The van der Waals surface area contributed by atoms with Gasteiger partial charge >= 0.3 is 5.97 Å². The molecule has 3 rings (SSSR count). The van der Waals surface area contributed by atoms with Crippen molar-refractivity contribution in [3.8, 4) is 11.1 Å². The molecule has 1 aliphatic rings. The van der Waals surface area contributed by atoms with Gasteiger partial charge in [0.2, 0.25) is 0 Å². The van der Waals surface area contributed by atoms with Crippen molar-refractivity contribution in [3.63, 3.8) is 0 Å². The Bertz CT molecular complexity index is 926. The van der Waals surface area contributed by atoms with Gasteiger partial charge in [0.25, 0.3) is 0 Å². The molecule has 1 aliphatic carbocycles. The maximum Gasteiger partial charge on any atom is 0.341 e. The van der Waals surface area contributed by atoms with Crippen LogP contribution in [-0.2, 0) is 6.42 Å². The lowest BCUT2D eigenvalue weighted by atomic mass is 9.78. The lowest BCUT2D eigenvalue weighted by Gasteiger charge is -2.28. The Morgan fingerprint density at radius 2 is 1.47 bits per heavy atom. The van der Waals surface area contributed by atoms with E-state index < -0.39 is 40.6 Å². The molecule has 0 atom stereocenters. The summed E-state index contributed by atoms with van der Waals surface area (Å²) in [5.74, 6) is -8.07. The summed E-state index contributed by atoms with van der Waals surface area (Å²) in [5.41, 5.74) is -1.65. The number of hydrogen-bond donors (Lipinski definition) is 1. The third-order valence-corrected chi connectivity index (χ3v) is 6.17. The number of halogens is 5. The maximum absolute atomic E-state index is 15.0. The van der Waals surface area contributed by atoms with Crippen LogP contribution in [0.3, 0.4) is 0 Å². The third-order valence-electron chi connectivity index (χ3n) is 6.17. The number of carboxylic acid groups (broad SMARTS) is 1. The number of carbonyl (C=O) groups is 1. The molecule has 0 spiro atoms. The van der Waals surface area contributed by atoms with Gasteiger partial charge in [-0.3, -0.25) is 0 Å². The average Bonchev–Trinajstić information content (AvgIpc) is 2.70. The number of rotatable bonds is 6. The van der Waals surface area contributed by atoms with E-state index in [-0.39, 0.29) is 23.1 Å². The van der Waals surface area contributed by atoms with Gasteiger partial charge < -0.3 is 5.11 Å². The highest BCUT2D eigenvalue weighted by molar-refractivity contribution is 5.90. The molecule has 1 fully saturated rings. The Kier molecular flexibility index (Phi) is 6.78. The Morgan fingerprint density at radius 3 is 2.00 bits per heavy atom. The minimum absolute atomic E-state index is 0.0871. The molecule has 2 nitrogen and oxygen atoms in total. The standard InChI is InChI=1S/C23H23F5O2/c1-2-12-3-5-13(6-4-12)7-8-15-16(11-17(24)20(21(15)27)23(29)30)14-9-18(25)22(28)19(26)10-14/h9-13H,2-8H2,1H3,(H,29,30). The van der Waals surface area contributed by atoms with Crippen molar-refractivity contribution in [1.82, 2.24) is 0 Å². The predicted octanol–water partition coefficient (Wildman–Crippen LogP) is 6.90. The quantitative estimate of drug-likeness (QED) is 0.403. The minimum Gasteiger partial charge on any atom is -0.477 e. The molecular weight excluding hydrogens is 403 g/mol. The first-order chi connectivity index (χ1) is 14.2. The fraction of sp³-hybridized carbons (Fsp3) is 0.435. The summed E-state index contributed by atoms with van der Waals surface area (Å²) in [6.45, 7) is 2.14. The zero-order valence-corrected chi connectivity index (χ0v) is 16.6. The van der Waals surface area contributed by atoms with Gasteiger partial charge in [-0.1, -0.05) is 39.0 Å². The first-order valence-corrected chi connectivity index (χ1v) is 10.1. The summed E-state index contributed by atoms with van der Waals surface area (Å²) in [6.07, 6.45) is 5.78. The summed E-state index contributed by atoms with van der Waals surface area (Å²) < 4.78 is 70.1. The minimum atomic E-state index is -1.77. The molecule has 0 unspecified atom stereocenters. The highest BCUT2D eigenvalue weighted by Gasteiger charge is 2.26. The van der Waals surface area contributed by atoms with Gasteiger partial charge in [-0.15, -0.1) is 0 Å². The predicted molar refractivity (Wildman–Crippen MR) is 103 cm³/mol. The summed E-state index contributed by atoms with van der Waals surface area (Å²) in [5, 5.41) is 9.18. The van der Waals surface area contributed by atoms with Gasteiger partial charge in [-0.05, 0) is 59.6 Å². The number of aromatic carboxylic acids is 1. The van der Waals surface area contributed by atoms with Crippen molar-refractivity contribution in [3.05, 3.63) is 58.4 Å². The normalized spacial score (nSPS) is 19.1. The maximum atomic E-state index is 15.0. The molecule has 162 valence electrons. The number of benzene rings is 2. The van der Waals surface area contributed by atoms with Crippen molar-refractivity contribution in [2.45, 2.75) is 51.9 Å². The van der Waals surface area contributed by atoms with Crippen LogP contribution < -0.4 is 0 Å². The zero-order chi connectivity index (χ0) is 22.0. The van der Waals surface area contributed by atoms with Crippen LogP contribution in [0.4, 0.5) is 22.0 Å². The molecule has 0 bridgehead atoms. The average molecular weight is 426 g/mol. The first-order valence-electron chi connectivity index (χ1n) is 10.1. The summed E-state index contributed by atoms with van der Waals surface area (Å²) >= 11 is 0. The summed E-state index contributed by atoms with van der Waals surface area (Å²) in [4.78, 5) is 11.3. The van der Waals surface area contributed by atoms with E-state index in [0.29, 0.717) is 30.4 Å². The molecule has 0 radical (unpaired) electrons. The smallest absolute Gasteiger partial charge is 0.341 e. The highest BCUT2D eigenvalue weighted by Crippen LogP contribution is 2.36. The molecule has 0 aromatic heterocycles. The van der Waals surface area contributed by atoms with Gasteiger partial charge in [0.1, 0.15) is 17.2 Å². The monoisotopic (exact) mass is 426 g/mol. The topological polar surface area (TPSA) is 37.3 Å². The van der Waals surface area contributed by atoms with E-state index in [1.165, 1.54) is 0 Å².